The molecule has 0 saturated carbocycles. The molecule has 0 bridgehead atoms. The van der Waals surface area contributed by atoms with E-state index in [-0.39, 0.29) is 33.8 Å². The summed E-state index contributed by atoms with van der Waals surface area (Å²) in [5, 5.41) is 6.79. The van der Waals surface area contributed by atoms with E-state index in [0.717, 1.165) is 5.56 Å². The third kappa shape index (κ3) is 6.03. The molecule has 2 aromatic heterocycles. The van der Waals surface area contributed by atoms with Crippen LogP contribution in [0.3, 0.4) is 0 Å². The highest BCUT2D eigenvalue weighted by atomic mass is 35.5. The monoisotopic (exact) mass is 566 g/mol. The Balaban J connectivity index is 1.33. The first kappa shape index (κ1) is 26.6. The highest BCUT2D eigenvalue weighted by Crippen LogP contribution is 2.25. The first-order valence-electron chi connectivity index (χ1n) is 12.2. The van der Waals surface area contributed by atoms with Gasteiger partial charge in [0.2, 0.25) is 5.95 Å². The number of anilines is 2. The molecule has 1 fully saturated rings. The molecule has 5 rings (SSSR count). The average molecular weight is 567 g/mol. The zero-order valence-electron chi connectivity index (χ0n) is 20.8. The van der Waals surface area contributed by atoms with E-state index in [1.165, 1.54) is 18.2 Å². The zero-order chi connectivity index (χ0) is 27.5. The summed E-state index contributed by atoms with van der Waals surface area (Å²) in [5.74, 6) is -0.584. The van der Waals surface area contributed by atoms with Crippen LogP contribution in [0.25, 0.3) is 11.0 Å². The molecular formula is C27H24Cl2N6O4. The van der Waals surface area contributed by atoms with E-state index in [4.69, 9.17) is 27.9 Å². The van der Waals surface area contributed by atoms with Crippen molar-refractivity contribution in [3.05, 3.63) is 91.8 Å². The summed E-state index contributed by atoms with van der Waals surface area (Å²) in [4.78, 5) is 52.2. The van der Waals surface area contributed by atoms with E-state index in [1.807, 2.05) is 17.9 Å². The van der Waals surface area contributed by atoms with Gasteiger partial charge >= 0.3 is 0 Å². The number of H-pyrrole nitrogens is 1. The summed E-state index contributed by atoms with van der Waals surface area (Å²) in [6.07, 6.45) is 1.55. The third-order valence-corrected chi connectivity index (χ3v) is 6.86. The Morgan fingerprint density at radius 3 is 2.64 bits per heavy atom. The normalized spacial score (nSPS) is 14.2. The van der Waals surface area contributed by atoms with Crippen LogP contribution in [-0.2, 0) is 4.74 Å². The maximum atomic E-state index is 13.1. The number of amides is 2. The maximum Gasteiger partial charge on any atom is 0.262 e. The van der Waals surface area contributed by atoms with Gasteiger partial charge in [0.1, 0.15) is 11.2 Å². The van der Waals surface area contributed by atoms with Crippen molar-refractivity contribution in [1.29, 1.82) is 0 Å². The molecule has 0 aliphatic carbocycles. The van der Waals surface area contributed by atoms with Crippen molar-refractivity contribution in [2.75, 3.05) is 36.5 Å². The number of nitrogens with zero attached hydrogens (tertiary/aromatic N) is 3. The third-order valence-electron chi connectivity index (χ3n) is 6.29. The van der Waals surface area contributed by atoms with Crippen LogP contribution < -0.4 is 21.1 Å². The van der Waals surface area contributed by atoms with Gasteiger partial charge in [0, 0.05) is 35.3 Å². The minimum Gasteiger partial charge on any atom is -0.378 e. The number of halogens is 2. The smallest absolute Gasteiger partial charge is 0.262 e. The fourth-order valence-electron chi connectivity index (χ4n) is 4.16. The molecule has 200 valence electrons. The summed E-state index contributed by atoms with van der Waals surface area (Å²) in [6, 6.07) is 12.8. The highest BCUT2D eigenvalue weighted by molar-refractivity contribution is 6.34. The van der Waals surface area contributed by atoms with Crippen LogP contribution >= 0.6 is 23.2 Å². The fraction of sp³-hybridized carbons (Fsp3) is 0.222. The Labute approximate surface area is 233 Å². The molecule has 0 radical (unpaired) electrons. The van der Waals surface area contributed by atoms with Gasteiger partial charge in [0.15, 0.2) is 0 Å². The molecule has 1 unspecified atom stereocenters. The molecule has 12 heteroatoms. The number of benzene rings is 2. The number of rotatable bonds is 6. The van der Waals surface area contributed by atoms with Gasteiger partial charge in [-0.25, -0.2) is 4.98 Å². The average Bonchev–Trinajstić information content (AvgIpc) is 2.93. The van der Waals surface area contributed by atoms with E-state index < -0.39 is 11.5 Å². The molecule has 39 heavy (non-hydrogen) atoms. The Morgan fingerprint density at radius 2 is 1.87 bits per heavy atom. The number of pyridine rings is 1. The van der Waals surface area contributed by atoms with E-state index >= 15 is 0 Å². The van der Waals surface area contributed by atoms with Crippen LogP contribution in [-0.4, -0.2) is 53.1 Å². The lowest BCUT2D eigenvalue weighted by atomic mass is 10.1. The Morgan fingerprint density at radius 1 is 1.08 bits per heavy atom. The second-order valence-corrected chi connectivity index (χ2v) is 9.83. The topological polar surface area (TPSA) is 129 Å². The van der Waals surface area contributed by atoms with Crippen molar-refractivity contribution in [2.45, 2.75) is 13.0 Å². The molecule has 2 amide bonds. The number of morpholine rings is 1. The minimum atomic E-state index is -0.692. The van der Waals surface area contributed by atoms with Crippen LogP contribution in [0.2, 0.25) is 10.0 Å². The SMILES string of the molecule is CC(NC(=O)c1ccc(Cl)c(NC(=O)c2cc3cnc(N4CCOCC4)nc3[nH]c2=O)c1)c1cccc(Cl)c1. The predicted octanol–water partition coefficient (Wildman–Crippen LogP) is 4.20. The summed E-state index contributed by atoms with van der Waals surface area (Å²) in [5.41, 5.74) is 0.856. The van der Waals surface area contributed by atoms with Gasteiger partial charge in [0.25, 0.3) is 17.4 Å². The van der Waals surface area contributed by atoms with Crippen LogP contribution in [0.5, 0.6) is 0 Å². The molecule has 0 spiro atoms. The number of nitrogens with one attached hydrogen (secondary N) is 3. The Bertz CT molecular complexity index is 1620. The number of carbonyl (C=O) groups excluding carboxylic acids is 2. The number of hydrogen-bond donors (Lipinski definition) is 3. The quantitative estimate of drug-likeness (QED) is 0.319. The van der Waals surface area contributed by atoms with E-state index in [2.05, 4.69) is 25.6 Å². The van der Waals surface area contributed by atoms with Crippen LogP contribution in [0.4, 0.5) is 11.6 Å². The van der Waals surface area contributed by atoms with Crippen LogP contribution in [0, 0.1) is 0 Å². The van der Waals surface area contributed by atoms with Gasteiger partial charge in [-0.1, -0.05) is 35.3 Å². The molecule has 1 atom stereocenters. The van der Waals surface area contributed by atoms with Crippen molar-refractivity contribution in [3.63, 3.8) is 0 Å². The summed E-state index contributed by atoms with van der Waals surface area (Å²) < 4.78 is 5.35. The highest BCUT2D eigenvalue weighted by Gasteiger charge is 2.19. The van der Waals surface area contributed by atoms with Crippen molar-refractivity contribution in [3.8, 4) is 0 Å². The Hall–Kier alpha value is -3.99. The van der Waals surface area contributed by atoms with Crippen LogP contribution in [0.1, 0.15) is 39.2 Å². The second-order valence-electron chi connectivity index (χ2n) is 8.98. The van der Waals surface area contributed by atoms with Crippen LogP contribution in [0.15, 0.2) is 59.5 Å². The maximum absolute atomic E-state index is 13.1. The molecule has 3 N–H and O–H groups in total. The number of carbonyl (C=O) groups is 2. The van der Waals surface area contributed by atoms with Gasteiger partial charge < -0.3 is 25.3 Å². The largest absolute Gasteiger partial charge is 0.378 e. The van der Waals surface area contributed by atoms with Gasteiger partial charge in [-0.2, -0.15) is 4.98 Å². The molecule has 4 aromatic rings. The summed E-state index contributed by atoms with van der Waals surface area (Å²) >= 11 is 12.4. The second kappa shape index (κ2) is 11.4. The first-order chi connectivity index (χ1) is 18.8. The van der Waals surface area contributed by atoms with Crippen molar-refractivity contribution >= 4 is 57.7 Å². The van der Waals surface area contributed by atoms with Gasteiger partial charge in [-0.05, 0) is 48.9 Å². The van der Waals surface area contributed by atoms with E-state index in [1.54, 1.807) is 30.5 Å². The number of fused-ring (bicyclic) bond motifs is 1. The van der Waals surface area contributed by atoms with Gasteiger partial charge in [-0.15, -0.1) is 0 Å². The standard InChI is InChI=1S/C27H24Cl2N6O4/c1-15(16-3-2-4-19(28)11-16)31-24(36)17-5-6-21(29)22(13-17)32-25(37)20-12-18-14-30-27(34-23(18)33-26(20)38)35-7-9-39-10-8-35/h2-6,11-15H,7-10H2,1H3,(H,31,36)(H,32,37)(H,30,33,34,38). The molecule has 10 nitrogen and oxygen atoms in total. The zero-order valence-corrected chi connectivity index (χ0v) is 22.3. The van der Waals surface area contributed by atoms with Gasteiger partial charge in [-0.3, -0.25) is 14.4 Å². The summed E-state index contributed by atoms with van der Waals surface area (Å²) in [6.45, 7) is 4.27. The van der Waals surface area contributed by atoms with Crippen molar-refractivity contribution in [1.82, 2.24) is 20.3 Å². The minimum absolute atomic E-state index is 0.147. The number of ether oxygens (including phenoxy) is 1. The number of aromatic amines is 1. The molecular weight excluding hydrogens is 543 g/mol. The predicted molar refractivity (Wildman–Crippen MR) is 150 cm³/mol. The lowest BCUT2D eigenvalue weighted by Gasteiger charge is -2.26. The summed E-state index contributed by atoms with van der Waals surface area (Å²) in [7, 11) is 0. The lowest BCUT2D eigenvalue weighted by molar-refractivity contribution is 0.0938. The van der Waals surface area contributed by atoms with E-state index in [9.17, 15) is 14.4 Å². The molecule has 2 aromatic carbocycles. The molecule has 1 aliphatic heterocycles. The molecule has 3 heterocycles. The molecule has 1 saturated heterocycles. The van der Waals surface area contributed by atoms with Crippen molar-refractivity contribution in [2.24, 2.45) is 0 Å². The lowest BCUT2D eigenvalue weighted by Crippen LogP contribution is -2.37. The van der Waals surface area contributed by atoms with E-state index in [0.29, 0.717) is 48.3 Å². The first-order valence-corrected chi connectivity index (χ1v) is 12.9. The Kier molecular flexibility index (Phi) is 7.78. The van der Waals surface area contributed by atoms with Gasteiger partial charge in [0.05, 0.1) is 30.0 Å². The molecule has 1 aliphatic rings. The number of aromatic nitrogens is 3. The van der Waals surface area contributed by atoms with Crippen molar-refractivity contribution < 1.29 is 14.3 Å². The number of hydrogen-bond acceptors (Lipinski definition) is 7. The fourth-order valence-corrected chi connectivity index (χ4v) is 4.52.